The third kappa shape index (κ3) is 6.03. The second-order valence-corrected chi connectivity index (χ2v) is 10.5. The van der Waals surface area contributed by atoms with Crippen LogP contribution < -0.4 is 14.8 Å². The maximum atomic E-state index is 15.3. The minimum absolute atomic E-state index is 0.00244. The number of aromatic amines is 1. The zero-order valence-electron chi connectivity index (χ0n) is 23.8. The molecule has 1 aromatic carbocycles. The highest BCUT2D eigenvalue weighted by Crippen LogP contribution is 2.37. The van der Waals surface area contributed by atoms with E-state index in [-0.39, 0.29) is 23.6 Å². The van der Waals surface area contributed by atoms with Gasteiger partial charge in [-0.25, -0.2) is 24.0 Å². The molecule has 0 unspecified atom stereocenters. The molecule has 0 aliphatic carbocycles. The molecule has 1 aliphatic rings. The molecule has 220 valence electrons. The Labute approximate surface area is 247 Å². The first-order valence-electron chi connectivity index (χ1n) is 14.0. The summed E-state index contributed by atoms with van der Waals surface area (Å²) in [7, 11) is 0. The second kappa shape index (κ2) is 11.9. The fourth-order valence-corrected chi connectivity index (χ4v) is 5.20. The quantitative estimate of drug-likeness (QED) is 0.206. The maximum Gasteiger partial charge on any atom is 0.245 e. The number of nitrogens with zero attached hydrogens (tertiary/aromatic N) is 6. The lowest BCUT2D eigenvalue weighted by atomic mass is 9.89. The van der Waals surface area contributed by atoms with Crippen LogP contribution in [0.25, 0.3) is 16.9 Å². The van der Waals surface area contributed by atoms with Crippen LogP contribution in [0.4, 0.5) is 15.9 Å². The summed E-state index contributed by atoms with van der Waals surface area (Å²) in [4.78, 5) is 30.2. The van der Waals surface area contributed by atoms with E-state index in [1.807, 2.05) is 20.0 Å². The predicted molar refractivity (Wildman–Crippen MR) is 160 cm³/mol. The fourth-order valence-electron chi connectivity index (χ4n) is 5.20. The molecule has 6 rings (SSSR count). The minimum Gasteiger partial charge on any atom is -0.474 e. The zero-order chi connectivity index (χ0) is 29.9. The SMILES string of the molecule is C=CC(=O)N1CCC(c2c[nH]c3ncnc(Nc4ccc(Oc5ccnc(-n6ccc(OC(C)C)n6)c5)cc4F)c23)CC1. The predicted octanol–water partition coefficient (Wildman–Crippen LogP) is 5.89. The third-order valence-corrected chi connectivity index (χ3v) is 7.22. The smallest absolute Gasteiger partial charge is 0.245 e. The van der Waals surface area contributed by atoms with Gasteiger partial charge in [-0.05, 0) is 62.4 Å². The van der Waals surface area contributed by atoms with E-state index in [0.29, 0.717) is 47.8 Å². The van der Waals surface area contributed by atoms with Gasteiger partial charge in [0.05, 0.1) is 17.2 Å². The zero-order valence-corrected chi connectivity index (χ0v) is 23.8. The topological polar surface area (TPSA) is 123 Å². The van der Waals surface area contributed by atoms with Gasteiger partial charge in [0.1, 0.15) is 35.1 Å². The Morgan fingerprint density at radius 2 is 1.95 bits per heavy atom. The summed E-state index contributed by atoms with van der Waals surface area (Å²) in [5, 5.41) is 8.33. The number of benzene rings is 1. The van der Waals surface area contributed by atoms with E-state index in [9.17, 15) is 4.79 Å². The number of ether oxygens (including phenoxy) is 2. The molecule has 5 heterocycles. The van der Waals surface area contributed by atoms with Crippen LogP contribution in [-0.2, 0) is 4.79 Å². The summed E-state index contributed by atoms with van der Waals surface area (Å²) < 4.78 is 28.5. The number of carbonyl (C=O) groups is 1. The lowest BCUT2D eigenvalue weighted by Crippen LogP contribution is -2.36. The van der Waals surface area contributed by atoms with E-state index >= 15 is 4.39 Å². The highest BCUT2D eigenvalue weighted by molar-refractivity contribution is 5.92. The van der Waals surface area contributed by atoms with Crippen molar-refractivity contribution in [2.45, 2.75) is 38.7 Å². The van der Waals surface area contributed by atoms with Crippen LogP contribution in [0.5, 0.6) is 17.4 Å². The number of hydrogen-bond acceptors (Lipinski definition) is 8. The van der Waals surface area contributed by atoms with E-state index in [2.05, 4.69) is 36.9 Å². The van der Waals surface area contributed by atoms with Crippen molar-refractivity contribution in [3.8, 4) is 23.2 Å². The van der Waals surface area contributed by atoms with Gasteiger partial charge in [-0.3, -0.25) is 4.79 Å². The molecule has 0 saturated carbocycles. The number of H-pyrrole nitrogens is 1. The molecule has 1 aliphatic heterocycles. The molecule has 0 bridgehead atoms. The van der Waals surface area contributed by atoms with Crippen molar-refractivity contribution >= 4 is 28.4 Å². The number of carbonyl (C=O) groups excluding carboxylic acids is 1. The van der Waals surface area contributed by atoms with Gasteiger partial charge in [-0.2, -0.15) is 0 Å². The van der Waals surface area contributed by atoms with Crippen LogP contribution in [0.3, 0.4) is 0 Å². The Bertz CT molecular complexity index is 1770. The van der Waals surface area contributed by atoms with E-state index in [1.165, 1.54) is 18.5 Å². The number of likely N-dealkylation sites (tertiary alicyclic amines) is 1. The van der Waals surface area contributed by atoms with Crippen molar-refractivity contribution in [3.63, 3.8) is 0 Å². The van der Waals surface area contributed by atoms with E-state index in [4.69, 9.17) is 9.47 Å². The summed E-state index contributed by atoms with van der Waals surface area (Å²) in [6.07, 6.45) is 9.65. The van der Waals surface area contributed by atoms with E-state index < -0.39 is 5.82 Å². The van der Waals surface area contributed by atoms with Crippen LogP contribution in [0.1, 0.15) is 38.2 Å². The molecule has 1 fully saturated rings. The first-order valence-corrected chi connectivity index (χ1v) is 14.0. The van der Waals surface area contributed by atoms with Gasteiger partial charge in [0, 0.05) is 49.9 Å². The van der Waals surface area contributed by atoms with Crippen molar-refractivity contribution in [3.05, 3.63) is 85.4 Å². The Hall–Kier alpha value is -5.26. The Morgan fingerprint density at radius 3 is 2.72 bits per heavy atom. The van der Waals surface area contributed by atoms with Crippen LogP contribution in [-0.4, -0.2) is 59.7 Å². The number of hydrogen-bond donors (Lipinski definition) is 2. The lowest BCUT2D eigenvalue weighted by Gasteiger charge is -2.31. The van der Waals surface area contributed by atoms with E-state index in [1.54, 1.807) is 52.3 Å². The van der Waals surface area contributed by atoms with Crippen molar-refractivity contribution in [2.75, 3.05) is 18.4 Å². The fraction of sp³-hybridized carbons (Fsp3) is 0.258. The van der Waals surface area contributed by atoms with Crippen LogP contribution in [0.2, 0.25) is 0 Å². The second-order valence-electron chi connectivity index (χ2n) is 10.5. The number of rotatable bonds is 9. The highest BCUT2D eigenvalue weighted by Gasteiger charge is 2.26. The van der Waals surface area contributed by atoms with Crippen LogP contribution in [0.15, 0.2) is 74.0 Å². The van der Waals surface area contributed by atoms with Crippen molar-refractivity contribution in [1.29, 1.82) is 0 Å². The first kappa shape index (κ1) is 27.9. The van der Waals surface area contributed by atoms with Crippen molar-refractivity contribution in [1.82, 2.24) is 34.6 Å². The molecule has 4 aromatic heterocycles. The number of fused-ring (bicyclic) bond motifs is 1. The van der Waals surface area contributed by atoms with Crippen molar-refractivity contribution < 1.29 is 18.7 Å². The highest BCUT2D eigenvalue weighted by atomic mass is 19.1. The summed E-state index contributed by atoms with van der Waals surface area (Å²) >= 11 is 0. The standard InChI is InChI=1S/C31H31FN8O3/c1-4-28(41)39-12-8-20(9-13-39)23-17-34-30-29(23)31(36-18-35-30)37-25-6-5-21(15-24(25)32)43-22-7-11-33-26(16-22)40-14-10-27(38-40)42-19(2)3/h4-7,10-11,14-20H,1,8-9,12-13H2,2-3H3,(H2,34,35,36,37). The van der Waals surface area contributed by atoms with Crippen molar-refractivity contribution in [2.24, 2.45) is 0 Å². The number of aromatic nitrogens is 6. The average Bonchev–Trinajstić information content (AvgIpc) is 3.66. The average molecular weight is 583 g/mol. The number of piperidine rings is 1. The largest absolute Gasteiger partial charge is 0.474 e. The molecule has 0 spiro atoms. The number of nitrogens with one attached hydrogen (secondary N) is 2. The summed E-state index contributed by atoms with van der Waals surface area (Å²) in [5.74, 6) is 1.96. The van der Waals surface area contributed by atoms with E-state index in [0.717, 1.165) is 23.8 Å². The molecule has 1 saturated heterocycles. The van der Waals surface area contributed by atoms with Crippen LogP contribution in [0, 0.1) is 5.82 Å². The van der Waals surface area contributed by atoms with Gasteiger partial charge in [0.25, 0.3) is 0 Å². The number of amides is 1. The Balaban J connectivity index is 1.18. The Morgan fingerprint density at radius 1 is 1.14 bits per heavy atom. The molecule has 12 heteroatoms. The molecule has 43 heavy (non-hydrogen) atoms. The molecular formula is C31H31FN8O3. The minimum atomic E-state index is -0.505. The van der Waals surface area contributed by atoms with Crippen LogP contribution >= 0.6 is 0 Å². The molecule has 0 radical (unpaired) electrons. The normalized spacial score (nSPS) is 13.8. The first-order chi connectivity index (χ1) is 20.9. The summed E-state index contributed by atoms with van der Waals surface area (Å²) in [6, 6.07) is 9.75. The van der Waals surface area contributed by atoms with Gasteiger partial charge in [0.15, 0.2) is 5.82 Å². The summed E-state index contributed by atoms with van der Waals surface area (Å²) in [5.41, 5.74) is 1.94. The lowest BCUT2D eigenvalue weighted by molar-refractivity contribution is -0.127. The van der Waals surface area contributed by atoms with Gasteiger partial charge < -0.3 is 24.7 Å². The van der Waals surface area contributed by atoms with Gasteiger partial charge in [0.2, 0.25) is 11.8 Å². The monoisotopic (exact) mass is 582 g/mol. The Kier molecular flexibility index (Phi) is 7.73. The van der Waals surface area contributed by atoms with Gasteiger partial charge in [-0.15, -0.1) is 5.10 Å². The molecule has 11 nitrogen and oxygen atoms in total. The molecule has 5 aromatic rings. The molecular weight excluding hydrogens is 551 g/mol. The molecule has 1 amide bonds. The summed E-state index contributed by atoms with van der Waals surface area (Å²) in [6.45, 7) is 8.73. The number of halogens is 1. The number of anilines is 2. The molecule has 2 N–H and O–H groups in total. The third-order valence-electron chi connectivity index (χ3n) is 7.22. The molecule has 0 atom stereocenters. The van der Waals surface area contributed by atoms with Gasteiger partial charge >= 0.3 is 0 Å². The van der Waals surface area contributed by atoms with Gasteiger partial charge in [-0.1, -0.05) is 6.58 Å². The number of pyridine rings is 1. The maximum absolute atomic E-state index is 15.3.